The summed E-state index contributed by atoms with van der Waals surface area (Å²) in [6.45, 7) is 1.90. The fourth-order valence-electron chi connectivity index (χ4n) is 4.07. The Morgan fingerprint density at radius 2 is 1.86 bits per heavy atom. The molecule has 35 heavy (non-hydrogen) atoms. The minimum Gasteiger partial charge on any atom is -0.478 e. The first-order valence-electron chi connectivity index (χ1n) is 10.7. The van der Waals surface area contributed by atoms with E-state index in [0.717, 1.165) is 17.8 Å². The van der Waals surface area contributed by atoms with Gasteiger partial charge in [-0.25, -0.2) is 9.18 Å². The van der Waals surface area contributed by atoms with Crippen LogP contribution in [0.4, 0.5) is 23.2 Å². The van der Waals surface area contributed by atoms with E-state index in [1.165, 1.54) is 6.07 Å². The Labute approximate surface area is 197 Å². The Kier molecular flexibility index (Phi) is 6.23. The first-order chi connectivity index (χ1) is 16.5. The molecule has 10 heteroatoms. The summed E-state index contributed by atoms with van der Waals surface area (Å²) < 4.78 is 55.6. The lowest BCUT2D eigenvalue weighted by Gasteiger charge is -2.18. The lowest BCUT2D eigenvalue weighted by atomic mass is 9.93. The number of pyridine rings is 1. The van der Waals surface area contributed by atoms with Crippen molar-refractivity contribution >= 4 is 17.6 Å². The highest BCUT2D eigenvalue weighted by Crippen LogP contribution is 2.50. The van der Waals surface area contributed by atoms with Crippen molar-refractivity contribution in [3.05, 3.63) is 77.4 Å². The molecule has 1 heterocycles. The highest BCUT2D eigenvalue weighted by atomic mass is 19.4. The van der Waals surface area contributed by atoms with Crippen LogP contribution in [-0.4, -0.2) is 28.3 Å². The van der Waals surface area contributed by atoms with Gasteiger partial charge in [-0.1, -0.05) is 25.1 Å². The Morgan fingerprint density at radius 3 is 2.46 bits per heavy atom. The molecule has 1 fully saturated rings. The van der Waals surface area contributed by atoms with E-state index in [9.17, 15) is 32.3 Å². The molecule has 182 valence electrons. The van der Waals surface area contributed by atoms with Gasteiger partial charge < -0.3 is 15.2 Å². The van der Waals surface area contributed by atoms with Gasteiger partial charge in [0.05, 0.1) is 11.0 Å². The van der Waals surface area contributed by atoms with Crippen molar-refractivity contribution in [2.75, 3.05) is 5.32 Å². The van der Waals surface area contributed by atoms with Gasteiger partial charge in [-0.15, -0.1) is 13.2 Å². The second kappa shape index (κ2) is 9.01. The standard InChI is InChI=1S/C25H20F4N2O4/c1-2-21-17(4-3-11-30-21)16-7-5-14(12-18(16)22(32)33)31-23(34)24(9-10-24)19-8-6-15(13-20(19)26)35-25(27,28)29/h3-8,11-13H,2,9-10H2,1H3,(H,31,34)(H,32,33). The largest absolute Gasteiger partial charge is 0.573 e. The number of carboxylic acid groups (broad SMARTS) is 1. The Balaban J connectivity index is 1.61. The van der Waals surface area contributed by atoms with E-state index < -0.39 is 35.2 Å². The number of amides is 1. The van der Waals surface area contributed by atoms with Gasteiger partial charge in [-0.05, 0) is 49.1 Å². The molecule has 0 atom stereocenters. The summed E-state index contributed by atoms with van der Waals surface area (Å²) >= 11 is 0. The molecule has 4 rings (SSSR count). The van der Waals surface area contributed by atoms with Crippen LogP contribution in [0.25, 0.3) is 11.1 Å². The summed E-state index contributed by atoms with van der Waals surface area (Å²) in [6.07, 6.45) is -2.18. The first kappa shape index (κ1) is 24.2. The predicted octanol–water partition coefficient (Wildman–Crippen LogP) is 5.72. The zero-order chi connectivity index (χ0) is 25.4. The average molecular weight is 488 g/mol. The number of alkyl halides is 3. The smallest absolute Gasteiger partial charge is 0.478 e. The van der Waals surface area contributed by atoms with Gasteiger partial charge in [0.15, 0.2) is 0 Å². The number of benzene rings is 2. The summed E-state index contributed by atoms with van der Waals surface area (Å²) in [5, 5.41) is 12.4. The molecule has 1 aliphatic carbocycles. The molecule has 0 unspecified atom stereocenters. The molecule has 0 saturated heterocycles. The Hall–Kier alpha value is -3.95. The summed E-state index contributed by atoms with van der Waals surface area (Å²) in [7, 11) is 0. The lowest BCUT2D eigenvalue weighted by molar-refractivity contribution is -0.274. The number of ether oxygens (including phenoxy) is 1. The number of halogens is 4. The number of carboxylic acids is 1. The van der Waals surface area contributed by atoms with Crippen molar-refractivity contribution in [2.24, 2.45) is 0 Å². The van der Waals surface area contributed by atoms with Crippen LogP contribution in [0.1, 0.15) is 41.4 Å². The van der Waals surface area contributed by atoms with Crippen molar-refractivity contribution in [1.82, 2.24) is 4.98 Å². The van der Waals surface area contributed by atoms with E-state index >= 15 is 0 Å². The maximum Gasteiger partial charge on any atom is 0.573 e. The number of aryl methyl sites for hydroxylation is 1. The predicted molar refractivity (Wildman–Crippen MR) is 119 cm³/mol. The number of aromatic carboxylic acids is 1. The quantitative estimate of drug-likeness (QED) is 0.416. The van der Waals surface area contributed by atoms with E-state index in [4.69, 9.17) is 0 Å². The van der Waals surface area contributed by atoms with Gasteiger partial charge in [-0.3, -0.25) is 9.78 Å². The van der Waals surface area contributed by atoms with Gasteiger partial charge >= 0.3 is 12.3 Å². The highest BCUT2D eigenvalue weighted by Gasteiger charge is 2.53. The van der Waals surface area contributed by atoms with Crippen molar-refractivity contribution in [3.63, 3.8) is 0 Å². The van der Waals surface area contributed by atoms with Crippen LogP contribution in [0.15, 0.2) is 54.7 Å². The van der Waals surface area contributed by atoms with Gasteiger partial charge in [0.2, 0.25) is 5.91 Å². The minimum atomic E-state index is -4.97. The van der Waals surface area contributed by atoms with Crippen LogP contribution >= 0.6 is 0 Å². The first-order valence-corrected chi connectivity index (χ1v) is 10.7. The SMILES string of the molecule is CCc1ncccc1-c1ccc(NC(=O)C2(c3ccc(OC(F)(F)F)cc3F)CC2)cc1C(=O)O. The molecule has 1 saturated carbocycles. The lowest BCUT2D eigenvalue weighted by Crippen LogP contribution is -2.29. The van der Waals surface area contributed by atoms with Crippen LogP contribution in [-0.2, 0) is 16.6 Å². The molecule has 1 aromatic heterocycles. The molecule has 1 amide bonds. The number of hydrogen-bond donors (Lipinski definition) is 2. The molecule has 3 aromatic rings. The number of hydrogen-bond acceptors (Lipinski definition) is 4. The van der Waals surface area contributed by atoms with Crippen molar-refractivity contribution in [1.29, 1.82) is 0 Å². The fourth-order valence-corrected chi connectivity index (χ4v) is 4.07. The highest BCUT2D eigenvalue weighted by molar-refractivity contribution is 6.03. The molecule has 2 aromatic carbocycles. The van der Waals surface area contributed by atoms with Crippen LogP contribution in [0.3, 0.4) is 0 Å². The normalized spacial score (nSPS) is 14.3. The summed E-state index contributed by atoms with van der Waals surface area (Å²) in [5.74, 6) is -3.50. The molecule has 0 spiro atoms. The topological polar surface area (TPSA) is 88.5 Å². The third kappa shape index (κ3) is 4.96. The number of carbonyl (C=O) groups excluding carboxylic acids is 1. The second-order valence-electron chi connectivity index (χ2n) is 8.14. The second-order valence-corrected chi connectivity index (χ2v) is 8.14. The third-order valence-corrected chi connectivity index (χ3v) is 5.90. The maximum atomic E-state index is 14.6. The van der Waals surface area contributed by atoms with Gasteiger partial charge in [0.1, 0.15) is 11.6 Å². The zero-order valence-electron chi connectivity index (χ0n) is 18.4. The van der Waals surface area contributed by atoms with Crippen molar-refractivity contribution in [2.45, 2.75) is 38.0 Å². The van der Waals surface area contributed by atoms with Crippen molar-refractivity contribution < 1.29 is 37.0 Å². The molecular weight excluding hydrogens is 468 g/mol. The molecule has 0 aliphatic heterocycles. The van der Waals surface area contributed by atoms with Crippen LogP contribution in [0.2, 0.25) is 0 Å². The van der Waals surface area contributed by atoms with Crippen LogP contribution in [0.5, 0.6) is 5.75 Å². The van der Waals surface area contributed by atoms with Crippen LogP contribution in [0, 0.1) is 5.82 Å². The number of anilines is 1. The van der Waals surface area contributed by atoms with Gasteiger partial charge in [0.25, 0.3) is 0 Å². The molecule has 0 radical (unpaired) electrons. The van der Waals surface area contributed by atoms with E-state index in [1.807, 2.05) is 6.92 Å². The van der Waals surface area contributed by atoms with Crippen molar-refractivity contribution in [3.8, 4) is 16.9 Å². The Morgan fingerprint density at radius 1 is 1.11 bits per heavy atom. The number of nitrogens with one attached hydrogen (secondary N) is 1. The number of rotatable bonds is 7. The van der Waals surface area contributed by atoms with E-state index in [-0.39, 0.29) is 29.7 Å². The minimum absolute atomic E-state index is 0.0461. The maximum absolute atomic E-state index is 14.6. The number of carbonyl (C=O) groups is 2. The average Bonchev–Trinajstić information content (AvgIpc) is 3.60. The molecule has 1 aliphatic rings. The third-order valence-electron chi connectivity index (χ3n) is 5.90. The zero-order valence-corrected chi connectivity index (χ0v) is 18.4. The fraction of sp³-hybridized carbons (Fsp3) is 0.240. The summed E-state index contributed by atoms with van der Waals surface area (Å²) in [5.41, 5.74) is 0.651. The molecule has 0 bridgehead atoms. The Bertz CT molecular complexity index is 1300. The molecule has 2 N–H and O–H groups in total. The number of aromatic nitrogens is 1. The van der Waals surface area contributed by atoms with Gasteiger partial charge in [-0.2, -0.15) is 0 Å². The number of nitrogens with zero attached hydrogens (tertiary/aromatic N) is 1. The molecule has 6 nitrogen and oxygen atoms in total. The summed E-state index contributed by atoms with van der Waals surface area (Å²) in [4.78, 5) is 29.3. The van der Waals surface area contributed by atoms with E-state index in [1.54, 1.807) is 30.5 Å². The monoisotopic (exact) mass is 488 g/mol. The van der Waals surface area contributed by atoms with Gasteiger partial charge in [0, 0.05) is 34.8 Å². The van der Waals surface area contributed by atoms with E-state index in [2.05, 4.69) is 15.0 Å². The van der Waals surface area contributed by atoms with Crippen LogP contribution < -0.4 is 10.1 Å². The molecular formula is C25H20F4N2O4. The summed E-state index contributed by atoms with van der Waals surface area (Å²) in [6, 6.07) is 10.5. The van der Waals surface area contributed by atoms with E-state index in [0.29, 0.717) is 23.6 Å².